The number of hydrogen-bond acceptors (Lipinski definition) is 6. The average Bonchev–Trinajstić information content (AvgIpc) is 3.20. The summed E-state index contributed by atoms with van der Waals surface area (Å²) < 4.78 is 33.3. The van der Waals surface area contributed by atoms with Crippen LogP contribution in [0.15, 0.2) is 38.5 Å². The van der Waals surface area contributed by atoms with Crippen LogP contribution in [0, 0.1) is 17.0 Å². The van der Waals surface area contributed by atoms with Gasteiger partial charge in [0.25, 0.3) is 11.2 Å². The molecule has 10 heteroatoms. The molecule has 0 saturated heterocycles. The smallest absolute Gasteiger partial charge is 0.297 e. The molecule has 1 aromatic heterocycles. The number of rotatable bonds is 19. The fraction of sp³-hybridized carbons (Fsp3) is 0.667. The van der Waals surface area contributed by atoms with Gasteiger partial charge >= 0.3 is 0 Å². The number of hydrogen-bond donors (Lipinski definition) is 0. The molecule has 208 valence electrons. The molecule has 0 aliphatic rings. The molecule has 9 nitrogen and oxygen atoms in total. The molecule has 0 amide bonds. The number of nitro benzene ring substituents is 1. The molecule has 2 rings (SSSR count). The highest BCUT2D eigenvalue weighted by atomic mass is 32.2. The number of nitrogens with zero attached hydrogens (tertiary/aromatic N) is 3. The molecule has 0 fully saturated rings. The van der Waals surface area contributed by atoms with Crippen LogP contribution < -0.4 is 5.56 Å². The monoisotopic (exact) mass is 537 g/mol. The van der Waals surface area contributed by atoms with Crippen LogP contribution in [0.2, 0.25) is 0 Å². The largest absolute Gasteiger partial charge is 0.376 e. The van der Waals surface area contributed by atoms with Crippen LogP contribution in [0.25, 0.3) is 5.69 Å². The van der Waals surface area contributed by atoms with Crippen LogP contribution in [0.5, 0.6) is 0 Å². The highest BCUT2D eigenvalue weighted by molar-refractivity contribution is 7.89. The minimum Gasteiger partial charge on any atom is -0.376 e. The predicted molar refractivity (Wildman–Crippen MR) is 146 cm³/mol. The maximum atomic E-state index is 13.0. The van der Waals surface area contributed by atoms with Crippen molar-refractivity contribution in [1.82, 2.24) is 9.05 Å². The third kappa shape index (κ3) is 9.74. The molecule has 0 aliphatic carbocycles. The molecule has 0 saturated carbocycles. The lowest BCUT2D eigenvalue weighted by molar-refractivity contribution is -0.385. The van der Waals surface area contributed by atoms with E-state index in [-0.39, 0.29) is 10.6 Å². The maximum absolute atomic E-state index is 13.0. The Bertz CT molecular complexity index is 1140. The van der Waals surface area contributed by atoms with Gasteiger partial charge in [0.1, 0.15) is 5.76 Å². The quantitative estimate of drug-likeness (QED) is 0.111. The second-order valence-corrected chi connectivity index (χ2v) is 11.9. The van der Waals surface area contributed by atoms with E-state index in [0.29, 0.717) is 12.3 Å². The van der Waals surface area contributed by atoms with Crippen molar-refractivity contribution in [3.63, 3.8) is 0 Å². The third-order valence-corrected chi connectivity index (χ3v) is 8.51. The molecule has 0 N–H and O–H groups in total. The Kier molecular flexibility index (Phi) is 13.1. The second kappa shape index (κ2) is 15.7. The predicted octanol–water partition coefficient (Wildman–Crippen LogP) is 6.75. The molecule has 0 bridgehead atoms. The number of aromatic nitrogens is 1. The van der Waals surface area contributed by atoms with E-state index >= 15 is 0 Å². The van der Waals surface area contributed by atoms with Gasteiger partial charge in [0.15, 0.2) is 5.69 Å². The van der Waals surface area contributed by atoms with E-state index in [1.807, 2.05) is 0 Å². The van der Waals surface area contributed by atoms with Crippen molar-refractivity contribution >= 4 is 15.7 Å². The molecular formula is C27H43N3O6S. The minimum absolute atomic E-state index is 0.114. The Hall–Kier alpha value is -2.46. The highest BCUT2D eigenvalue weighted by Crippen LogP contribution is 2.27. The molecule has 1 aromatic carbocycles. The Morgan fingerprint density at radius 1 is 0.892 bits per heavy atom. The molecule has 2 aromatic rings. The van der Waals surface area contributed by atoms with E-state index in [9.17, 15) is 23.3 Å². The highest BCUT2D eigenvalue weighted by Gasteiger charge is 2.26. The molecular weight excluding hydrogens is 494 g/mol. The van der Waals surface area contributed by atoms with Gasteiger partial charge in [0.2, 0.25) is 10.0 Å². The fourth-order valence-corrected chi connectivity index (χ4v) is 5.66. The minimum atomic E-state index is -3.91. The molecule has 1 heterocycles. The molecule has 0 spiro atoms. The summed E-state index contributed by atoms with van der Waals surface area (Å²) in [5, 5.41) is 11.6. The number of benzene rings is 1. The van der Waals surface area contributed by atoms with Crippen LogP contribution in [0.4, 0.5) is 5.69 Å². The van der Waals surface area contributed by atoms with Gasteiger partial charge in [-0.3, -0.25) is 14.9 Å². The van der Waals surface area contributed by atoms with Gasteiger partial charge in [-0.05, 0) is 25.5 Å². The fourth-order valence-electron chi connectivity index (χ4n) is 4.43. The van der Waals surface area contributed by atoms with Gasteiger partial charge in [-0.1, -0.05) is 90.4 Å². The summed E-state index contributed by atoms with van der Waals surface area (Å²) in [5.74, 6) is 0.295. The molecule has 0 unspecified atom stereocenters. The molecule has 37 heavy (non-hydrogen) atoms. The molecule has 0 aliphatic heterocycles. The van der Waals surface area contributed by atoms with Crippen molar-refractivity contribution in [2.24, 2.45) is 0 Å². The van der Waals surface area contributed by atoms with E-state index in [2.05, 4.69) is 6.92 Å². The first-order valence-corrected chi connectivity index (χ1v) is 15.1. The Balaban J connectivity index is 1.76. The van der Waals surface area contributed by atoms with Gasteiger partial charge in [0, 0.05) is 25.7 Å². The molecule has 0 radical (unpaired) electrons. The number of sulfonamides is 1. The van der Waals surface area contributed by atoms with Crippen molar-refractivity contribution in [3.05, 3.63) is 50.5 Å². The standard InChI is InChI=1S/C27H43N3O6S/c1-4-5-6-7-8-9-10-11-12-13-14-15-16-17-20-28(3)37(34,35)24-18-19-25(26(22-24)30(32)33)29-27(31)21-23(2)36-29/h18-19,21-22H,4-17,20H2,1-3H3. The van der Waals surface area contributed by atoms with Gasteiger partial charge in [-0.25, -0.2) is 12.7 Å². The van der Waals surface area contributed by atoms with Crippen LogP contribution >= 0.6 is 0 Å². The van der Waals surface area contributed by atoms with Gasteiger partial charge in [-0.15, -0.1) is 4.74 Å². The van der Waals surface area contributed by atoms with Crippen molar-refractivity contribution in [2.75, 3.05) is 13.6 Å². The Morgan fingerprint density at radius 3 is 1.86 bits per heavy atom. The van der Waals surface area contributed by atoms with Crippen LogP contribution in [0.1, 0.15) is 103 Å². The Labute approximate surface area is 221 Å². The zero-order chi connectivity index (χ0) is 27.3. The van der Waals surface area contributed by atoms with Crippen LogP contribution in [0.3, 0.4) is 0 Å². The number of unbranched alkanes of at least 4 members (excludes halogenated alkanes) is 13. The summed E-state index contributed by atoms with van der Waals surface area (Å²) in [7, 11) is -2.42. The number of nitro groups is 1. The van der Waals surface area contributed by atoms with E-state index in [1.165, 1.54) is 93.8 Å². The summed E-state index contributed by atoms with van der Waals surface area (Å²) in [6.45, 7) is 4.13. The topological polar surface area (TPSA) is 116 Å². The summed E-state index contributed by atoms with van der Waals surface area (Å²) in [4.78, 5) is 22.8. The first-order chi connectivity index (χ1) is 17.7. The second-order valence-electron chi connectivity index (χ2n) is 9.81. The Morgan fingerprint density at radius 2 is 1.41 bits per heavy atom. The lowest BCUT2D eigenvalue weighted by Gasteiger charge is -2.17. The lowest BCUT2D eigenvalue weighted by Crippen LogP contribution is -2.28. The number of aryl methyl sites for hydroxylation is 1. The van der Waals surface area contributed by atoms with Gasteiger partial charge in [0.05, 0.1) is 9.82 Å². The summed E-state index contributed by atoms with van der Waals surface area (Å²) in [6, 6.07) is 4.69. The van der Waals surface area contributed by atoms with Crippen molar-refractivity contribution in [3.8, 4) is 5.69 Å². The van der Waals surface area contributed by atoms with Gasteiger partial charge in [-0.2, -0.15) is 0 Å². The third-order valence-electron chi connectivity index (χ3n) is 6.66. The van der Waals surface area contributed by atoms with Crippen molar-refractivity contribution < 1.29 is 17.9 Å². The summed E-state index contributed by atoms with van der Waals surface area (Å²) in [6.07, 6.45) is 17.1. The molecule has 0 atom stereocenters. The van der Waals surface area contributed by atoms with E-state index in [1.54, 1.807) is 6.92 Å². The van der Waals surface area contributed by atoms with Gasteiger partial charge < -0.3 is 4.52 Å². The first-order valence-electron chi connectivity index (χ1n) is 13.6. The maximum Gasteiger partial charge on any atom is 0.297 e. The zero-order valence-corrected chi connectivity index (χ0v) is 23.4. The van der Waals surface area contributed by atoms with E-state index in [4.69, 9.17) is 4.52 Å². The van der Waals surface area contributed by atoms with E-state index < -0.39 is 26.2 Å². The summed E-state index contributed by atoms with van der Waals surface area (Å²) in [5.41, 5.74) is -1.19. The van der Waals surface area contributed by atoms with Crippen molar-refractivity contribution in [1.29, 1.82) is 0 Å². The lowest BCUT2D eigenvalue weighted by atomic mass is 10.0. The van der Waals surface area contributed by atoms with E-state index in [0.717, 1.165) is 36.5 Å². The van der Waals surface area contributed by atoms with Crippen LogP contribution in [-0.4, -0.2) is 36.0 Å². The summed E-state index contributed by atoms with van der Waals surface area (Å²) >= 11 is 0. The van der Waals surface area contributed by atoms with Crippen molar-refractivity contribution in [2.45, 2.75) is 109 Å². The SMILES string of the molecule is CCCCCCCCCCCCCCCCN(C)S(=O)(=O)c1ccc(-n2oc(C)cc2=O)c([N+](=O)[O-])c1. The zero-order valence-electron chi connectivity index (χ0n) is 22.6. The normalized spacial score (nSPS) is 11.9. The van der Waals surface area contributed by atoms with Crippen LogP contribution in [-0.2, 0) is 10.0 Å². The average molecular weight is 538 g/mol. The first kappa shape index (κ1) is 30.8.